The summed E-state index contributed by atoms with van der Waals surface area (Å²) in [5.74, 6) is -0.242. The lowest BCUT2D eigenvalue weighted by molar-refractivity contribution is 0.0944. The van der Waals surface area contributed by atoms with Crippen LogP contribution in [-0.2, 0) is 16.1 Å². The van der Waals surface area contributed by atoms with E-state index in [1.165, 1.54) is 0 Å². The molecule has 0 aliphatic rings. The normalized spacial score (nSPS) is 11.6. The van der Waals surface area contributed by atoms with Gasteiger partial charge < -0.3 is 18.6 Å². The number of halogens is 1. The molecule has 1 aromatic carbocycles. The Labute approximate surface area is 177 Å². The molecule has 30 heavy (non-hydrogen) atoms. The zero-order valence-electron chi connectivity index (χ0n) is 18.1. The van der Waals surface area contributed by atoms with Gasteiger partial charge in [0, 0.05) is 19.8 Å². The van der Waals surface area contributed by atoms with Gasteiger partial charge in [-0.3, -0.25) is 0 Å². The van der Waals surface area contributed by atoms with Crippen LogP contribution in [0.15, 0.2) is 39.6 Å². The molecule has 0 amide bonds. The first-order valence-corrected chi connectivity index (χ1v) is 10.8. The molecular weight excluding hydrogens is 387 g/mol. The molecule has 0 N–H and O–H groups in total. The second-order valence-electron chi connectivity index (χ2n) is 7.13. The average Bonchev–Trinajstić information content (AvgIpc) is 2.73. The van der Waals surface area contributed by atoms with Gasteiger partial charge in [-0.05, 0) is 56.5 Å². The van der Waals surface area contributed by atoms with Gasteiger partial charge >= 0.3 is 5.63 Å². The van der Waals surface area contributed by atoms with Crippen LogP contribution in [0.2, 0.25) is 0 Å². The largest absolute Gasteiger partial charge is 0.490 e. The number of benzene rings is 1. The Bertz CT molecular complexity index is 843. The molecule has 0 atom stereocenters. The predicted octanol–water partition coefficient (Wildman–Crippen LogP) is 5.78. The zero-order valence-corrected chi connectivity index (χ0v) is 18.1. The highest BCUT2D eigenvalue weighted by molar-refractivity contribution is 5.83. The number of hydrogen-bond donors (Lipinski definition) is 0. The van der Waals surface area contributed by atoms with Crippen LogP contribution in [0, 0.1) is 5.82 Å². The first-order valence-electron chi connectivity index (χ1n) is 10.8. The number of allylic oxidation sites excluding steroid dienone is 1. The van der Waals surface area contributed by atoms with Gasteiger partial charge in [0.05, 0.1) is 6.61 Å². The van der Waals surface area contributed by atoms with E-state index in [0.29, 0.717) is 30.8 Å². The van der Waals surface area contributed by atoms with Crippen LogP contribution in [0.1, 0.15) is 58.1 Å². The topological polar surface area (TPSA) is 57.9 Å². The molecule has 0 bridgehead atoms. The highest BCUT2D eigenvalue weighted by atomic mass is 19.1. The van der Waals surface area contributed by atoms with Gasteiger partial charge in [0.1, 0.15) is 17.8 Å². The number of ether oxygens (including phenoxy) is 3. The monoisotopic (exact) mass is 420 g/mol. The van der Waals surface area contributed by atoms with Crippen molar-refractivity contribution >= 4 is 10.8 Å². The third kappa shape index (κ3) is 7.92. The summed E-state index contributed by atoms with van der Waals surface area (Å²) in [7, 11) is 0. The van der Waals surface area contributed by atoms with Crippen molar-refractivity contribution in [3.63, 3.8) is 0 Å². The van der Waals surface area contributed by atoms with E-state index in [-0.39, 0.29) is 17.7 Å². The molecule has 0 aliphatic carbocycles. The minimum Gasteiger partial charge on any atom is -0.490 e. The molecule has 5 nitrogen and oxygen atoms in total. The fraction of sp³-hybridized carbons (Fsp3) is 0.542. The second-order valence-corrected chi connectivity index (χ2v) is 7.13. The van der Waals surface area contributed by atoms with E-state index in [9.17, 15) is 9.18 Å². The van der Waals surface area contributed by atoms with Crippen molar-refractivity contribution in [2.75, 3.05) is 26.4 Å². The van der Waals surface area contributed by atoms with Crippen LogP contribution in [0.25, 0.3) is 10.8 Å². The highest BCUT2D eigenvalue weighted by Crippen LogP contribution is 2.25. The Kier molecular flexibility index (Phi) is 11.2. The van der Waals surface area contributed by atoms with E-state index in [2.05, 4.69) is 6.92 Å². The van der Waals surface area contributed by atoms with Crippen LogP contribution in [0.4, 0.5) is 4.39 Å². The van der Waals surface area contributed by atoms with Crippen molar-refractivity contribution in [1.29, 1.82) is 0 Å². The van der Waals surface area contributed by atoms with E-state index in [1.807, 2.05) is 19.1 Å². The van der Waals surface area contributed by atoms with Gasteiger partial charge in [0.25, 0.3) is 0 Å². The minimum absolute atomic E-state index is 0.0574. The smallest absolute Gasteiger partial charge is 0.347 e. The summed E-state index contributed by atoms with van der Waals surface area (Å²) in [6.45, 7) is 6.77. The van der Waals surface area contributed by atoms with E-state index in [1.54, 1.807) is 18.2 Å². The van der Waals surface area contributed by atoms with Gasteiger partial charge in [-0.1, -0.05) is 31.6 Å². The SMILES string of the molecule is C/C=C/CCOc1ccc2cc(COCCCCCOCCCC)oc(=O)c2c1F. The van der Waals surface area contributed by atoms with Crippen LogP contribution in [0.5, 0.6) is 5.75 Å². The minimum atomic E-state index is -0.716. The van der Waals surface area contributed by atoms with Crippen molar-refractivity contribution < 1.29 is 23.0 Å². The fourth-order valence-corrected chi connectivity index (χ4v) is 2.97. The summed E-state index contributed by atoms with van der Waals surface area (Å²) >= 11 is 0. The van der Waals surface area contributed by atoms with Gasteiger partial charge in [-0.25, -0.2) is 9.18 Å². The zero-order chi connectivity index (χ0) is 21.6. The molecule has 1 aromatic heterocycles. The van der Waals surface area contributed by atoms with Crippen LogP contribution < -0.4 is 10.4 Å². The molecule has 0 aliphatic heterocycles. The second kappa shape index (κ2) is 13.9. The lowest BCUT2D eigenvalue weighted by Gasteiger charge is -2.09. The van der Waals surface area contributed by atoms with E-state index in [0.717, 1.165) is 45.3 Å². The first kappa shape index (κ1) is 24.1. The number of fused-ring (bicyclic) bond motifs is 1. The van der Waals surface area contributed by atoms with Crippen LogP contribution in [0.3, 0.4) is 0 Å². The third-order valence-corrected chi connectivity index (χ3v) is 4.62. The van der Waals surface area contributed by atoms with Gasteiger partial charge in [0.2, 0.25) is 0 Å². The lowest BCUT2D eigenvalue weighted by Crippen LogP contribution is -2.07. The fourth-order valence-electron chi connectivity index (χ4n) is 2.97. The van der Waals surface area contributed by atoms with Crippen molar-refractivity contribution in [1.82, 2.24) is 0 Å². The maximum atomic E-state index is 14.6. The van der Waals surface area contributed by atoms with Crippen molar-refractivity contribution in [3.05, 3.63) is 52.3 Å². The van der Waals surface area contributed by atoms with E-state index in [4.69, 9.17) is 18.6 Å². The van der Waals surface area contributed by atoms with Crippen LogP contribution >= 0.6 is 0 Å². The number of unbranched alkanes of at least 4 members (excludes halogenated alkanes) is 3. The number of rotatable bonds is 15. The van der Waals surface area contributed by atoms with Crippen molar-refractivity contribution in [2.24, 2.45) is 0 Å². The summed E-state index contributed by atoms with van der Waals surface area (Å²) in [6.07, 6.45) is 9.71. The molecule has 2 rings (SSSR count). The summed E-state index contributed by atoms with van der Waals surface area (Å²) in [5.41, 5.74) is -0.716. The standard InChI is InChI=1S/C24H33FO5/c1-3-5-8-16-29-21-12-11-19-17-20(30-24(26)22(19)23(21)25)18-28-15-10-7-9-14-27-13-6-4-2/h3,5,11-12,17H,4,6-10,13-16,18H2,1-2H3/b5-3+. The van der Waals surface area contributed by atoms with Crippen LogP contribution in [-0.4, -0.2) is 26.4 Å². The highest BCUT2D eigenvalue weighted by Gasteiger charge is 2.14. The summed E-state index contributed by atoms with van der Waals surface area (Å²) < 4.78 is 36.4. The molecule has 0 saturated carbocycles. The molecule has 1 heterocycles. The van der Waals surface area contributed by atoms with E-state index < -0.39 is 11.4 Å². The molecule has 0 spiro atoms. The first-order chi connectivity index (χ1) is 14.7. The average molecular weight is 421 g/mol. The Morgan fingerprint density at radius 1 is 1.03 bits per heavy atom. The quantitative estimate of drug-likeness (QED) is 0.270. The summed E-state index contributed by atoms with van der Waals surface area (Å²) in [4.78, 5) is 12.3. The Balaban J connectivity index is 1.81. The molecule has 0 unspecified atom stereocenters. The van der Waals surface area contributed by atoms with E-state index >= 15 is 0 Å². The van der Waals surface area contributed by atoms with Gasteiger partial charge in [0.15, 0.2) is 11.6 Å². The molecule has 0 radical (unpaired) electrons. The number of hydrogen-bond acceptors (Lipinski definition) is 5. The summed E-state index contributed by atoms with van der Waals surface area (Å²) in [6, 6.07) is 4.85. The maximum absolute atomic E-state index is 14.6. The third-order valence-electron chi connectivity index (χ3n) is 4.62. The summed E-state index contributed by atoms with van der Waals surface area (Å²) in [5, 5.41) is 0.387. The maximum Gasteiger partial charge on any atom is 0.347 e. The Morgan fingerprint density at radius 2 is 1.80 bits per heavy atom. The molecule has 0 saturated heterocycles. The molecule has 0 fully saturated rings. The Morgan fingerprint density at radius 3 is 2.57 bits per heavy atom. The van der Waals surface area contributed by atoms with Crippen molar-refractivity contribution in [3.8, 4) is 5.75 Å². The lowest BCUT2D eigenvalue weighted by atomic mass is 10.1. The Hall–Kier alpha value is -2.18. The molecule has 2 aromatic rings. The molecular formula is C24H33FO5. The van der Waals surface area contributed by atoms with Gasteiger partial charge in [-0.2, -0.15) is 0 Å². The molecule has 166 valence electrons. The van der Waals surface area contributed by atoms with Gasteiger partial charge in [-0.15, -0.1) is 0 Å². The molecule has 6 heteroatoms. The van der Waals surface area contributed by atoms with Crippen molar-refractivity contribution in [2.45, 2.75) is 59.0 Å². The predicted molar refractivity (Wildman–Crippen MR) is 117 cm³/mol.